The third kappa shape index (κ3) is 6.98. The van der Waals surface area contributed by atoms with Gasteiger partial charge >= 0.3 is 5.97 Å². The van der Waals surface area contributed by atoms with Crippen LogP contribution in [0.2, 0.25) is 5.02 Å². The second-order valence-electron chi connectivity index (χ2n) is 8.62. The van der Waals surface area contributed by atoms with Crippen LogP contribution in [0.5, 0.6) is 5.75 Å². The van der Waals surface area contributed by atoms with Gasteiger partial charge in [0.15, 0.2) is 0 Å². The molecule has 4 aromatic rings. The van der Waals surface area contributed by atoms with Gasteiger partial charge in [-0.05, 0) is 66.9 Å². The summed E-state index contributed by atoms with van der Waals surface area (Å²) in [6.07, 6.45) is 0.726. The molecule has 1 heterocycles. The maximum absolute atomic E-state index is 14.1. The molecule has 0 fully saturated rings. The van der Waals surface area contributed by atoms with Crippen LogP contribution in [0.25, 0.3) is 11.5 Å². The van der Waals surface area contributed by atoms with Gasteiger partial charge in [0.25, 0.3) is 5.91 Å². The van der Waals surface area contributed by atoms with E-state index in [1.807, 2.05) is 37.3 Å². The van der Waals surface area contributed by atoms with Gasteiger partial charge in [-0.2, -0.15) is 0 Å². The molecule has 0 bridgehead atoms. The van der Waals surface area contributed by atoms with Crippen molar-refractivity contribution < 1.29 is 28.2 Å². The van der Waals surface area contributed by atoms with Crippen LogP contribution in [0.3, 0.4) is 0 Å². The first-order valence-corrected chi connectivity index (χ1v) is 12.4. The summed E-state index contributed by atoms with van der Waals surface area (Å²) in [5.74, 6) is -0.440. The fourth-order valence-electron chi connectivity index (χ4n) is 3.92. The molecule has 1 aromatic heterocycles. The standard InChI is InChI=1S/C29H26ClFN2O5/c1-18-26(33-29(38-18)20-5-3-2-4-6-20)13-14-37-23-10-7-19(8-12-27(34)35)21(15-23)17-32-28(36)24-11-9-22(30)16-25(24)31/h2-7,9-11,15-16H,8,12-14,17H2,1H3,(H,32,36)(H,34,35). The largest absolute Gasteiger partial charge is 0.493 e. The van der Waals surface area contributed by atoms with Crippen molar-refractivity contribution in [3.8, 4) is 17.2 Å². The number of benzene rings is 3. The molecule has 0 saturated heterocycles. The molecular weight excluding hydrogens is 511 g/mol. The lowest BCUT2D eigenvalue weighted by Gasteiger charge is -2.14. The van der Waals surface area contributed by atoms with Gasteiger partial charge in [-0.1, -0.05) is 35.9 Å². The number of aromatic nitrogens is 1. The van der Waals surface area contributed by atoms with Crippen molar-refractivity contribution in [1.29, 1.82) is 0 Å². The number of nitrogens with zero attached hydrogens (tertiary/aromatic N) is 1. The maximum Gasteiger partial charge on any atom is 0.303 e. The summed E-state index contributed by atoms with van der Waals surface area (Å²) < 4.78 is 25.9. The summed E-state index contributed by atoms with van der Waals surface area (Å²) in [6, 6.07) is 18.7. The molecule has 0 atom stereocenters. The smallest absolute Gasteiger partial charge is 0.303 e. The number of nitrogens with one attached hydrogen (secondary N) is 1. The quantitative estimate of drug-likeness (QED) is 0.243. The first-order chi connectivity index (χ1) is 18.3. The Morgan fingerprint density at radius 2 is 1.84 bits per heavy atom. The molecule has 7 nitrogen and oxygen atoms in total. The molecule has 1 amide bonds. The number of halogens is 2. The lowest BCUT2D eigenvalue weighted by atomic mass is 10.0. The van der Waals surface area contributed by atoms with Crippen LogP contribution in [-0.2, 0) is 24.2 Å². The Balaban J connectivity index is 1.43. The number of aryl methyl sites for hydroxylation is 2. The van der Waals surface area contributed by atoms with Crippen LogP contribution in [0.1, 0.15) is 39.4 Å². The Morgan fingerprint density at radius 3 is 2.58 bits per heavy atom. The minimum absolute atomic E-state index is 0.0654. The van der Waals surface area contributed by atoms with Crippen LogP contribution in [-0.4, -0.2) is 28.6 Å². The van der Waals surface area contributed by atoms with Crippen LogP contribution in [0, 0.1) is 12.7 Å². The number of amides is 1. The van der Waals surface area contributed by atoms with Gasteiger partial charge in [0, 0.05) is 30.0 Å². The summed E-state index contributed by atoms with van der Waals surface area (Å²) in [5, 5.41) is 12.0. The molecule has 0 aliphatic heterocycles. The normalized spacial score (nSPS) is 10.8. The van der Waals surface area contributed by atoms with Crippen molar-refractivity contribution in [1.82, 2.24) is 10.3 Å². The van der Waals surface area contributed by atoms with Crippen LogP contribution < -0.4 is 10.1 Å². The number of oxazole rings is 1. The molecule has 0 radical (unpaired) electrons. The van der Waals surface area contributed by atoms with E-state index in [-0.39, 0.29) is 30.0 Å². The zero-order valence-corrected chi connectivity index (χ0v) is 21.4. The number of carboxylic acids is 1. The molecule has 38 heavy (non-hydrogen) atoms. The molecule has 0 spiro atoms. The Morgan fingerprint density at radius 1 is 1.05 bits per heavy atom. The minimum Gasteiger partial charge on any atom is -0.493 e. The first-order valence-electron chi connectivity index (χ1n) is 12.0. The van der Waals surface area contributed by atoms with E-state index in [2.05, 4.69) is 10.3 Å². The molecule has 2 N–H and O–H groups in total. The molecule has 4 rings (SSSR count). The molecule has 196 valence electrons. The average Bonchev–Trinajstić information content (AvgIpc) is 3.27. The third-order valence-electron chi connectivity index (χ3n) is 5.92. The predicted octanol–water partition coefficient (Wildman–Crippen LogP) is 6.01. The predicted molar refractivity (Wildman–Crippen MR) is 141 cm³/mol. The van der Waals surface area contributed by atoms with E-state index in [0.717, 1.165) is 22.9 Å². The summed E-state index contributed by atoms with van der Waals surface area (Å²) in [7, 11) is 0. The van der Waals surface area contributed by atoms with Gasteiger partial charge in [0.05, 0.1) is 17.9 Å². The molecule has 0 aliphatic carbocycles. The Kier molecular flexibility index (Phi) is 8.76. The lowest BCUT2D eigenvalue weighted by molar-refractivity contribution is -0.136. The van der Waals surface area contributed by atoms with Crippen molar-refractivity contribution in [2.24, 2.45) is 0 Å². The van der Waals surface area contributed by atoms with Gasteiger partial charge in [0.2, 0.25) is 5.89 Å². The third-order valence-corrected chi connectivity index (χ3v) is 6.16. The summed E-state index contributed by atoms with van der Waals surface area (Å²) in [4.78, 5) is 28.2. The molecule has 3 aromatic carbocycles. The van der Waals surface area contributed by atoms with E-state index in [9.17, 15) is 14.0 Å². The lowest BCUT2D eigenvalue weighted by Crippen LogP contribution is -2.24. The number of carbonyl (C=O) groups excluding carboxylic acids is 1. The second-order valence-corrected chi connectivity index (χ2v) is 9.05. The van der Waals surface area contributed by atoms with Crippen LogP contribution in [0.4, 0.5) is 4.39 Å². The summed E-state index contributed by atoms with van der Waals surface area (Å²) >= 11 is 5.77. The Hall–Kier alpha value is -4.17. The van der Waals surface area contributed by atoms with Gasteiger partial charge in [-0.25, -0.2) is 9.37 Å². The van der Waals surface area contributed by atoms with E-state index >= 15 is 0 Å². The zero-order valence-electron chi connectivity index (χ0n) is 20.7. The van der Waals surface area contributed by atoms with Crippen LogP contribution in [0.15, 0.2) is 71.1 Å². The fraction of sp³-hybridized carbons (Fsp3) is 0.207. The molecule has 0 saturated carbocycles. The van der Waals surface area contributed by atoms with Gasteiger partial charge in [0.1, 0.15) is 17.3 Å². The van der Waals surface area contributed by atoms with Crippen LogP contribution >= 0.6 is 11.6 Å². The maximum atomic E-state index is 14.1. The van der Waals surface area contributed by atoms with Crippen molar-refractivity contribution in [3.63, 3.8) is 0 Å². The van der Waals surface area contributed by atoms with Gasteiger partial charge in [-0.15, -0.1) is 0 Å². The number of hydrogen-bond donors (Lipinski definition) is 2. The van der Waals surface area contributed by atoms with Crippen molar-refractivity contribution >= 4 is 23.5 Å². The number of hydrogen-bond acceptors (Lipinski definition) is 5. The van der Waals surface area contributed by atoms with Crippen molar-refractivity contribution in [2.75, 3.05) is 6.61 Å². The van der Waals surface area contributed by atoms with Crippen molar-refractivity contribution in [2.45, 2.75) is 32.7 Å². The van der Waals surface area contributed by atoms with Gasteiger partial charge < -0.3 is 19.6 Å². The summed E-state index contributed by atoms with van der Waals surface area (Å²) in [6.45, 7) is 2.25. The minimum atomic E-state index is -0.929. The highest BCUT2D eigenvalue weighted by Crippen LogP contribution is 2.23. The first kappa shape index (κ1) is 26.9. The topological polar surface area (TPSA) is 102 Å². The fourth-order valence-corrected chi connectivity index (χ4v) is 4.08. The number of carboxylic acid groups (broad SMARTS) is 1. The van der Waals surface area contributed by atoms with E-state index in [1.54, 1.807) is 18.2 Å². The Bertz CT molecular complexity index is 1440. The molecule has 0 unspecified atom stereocenters. The average molecular weight is 537 g/mol. The monoisotopic (exact) mass is 536 g/mol. The van der Waals surface area contributed by atoms with E-state index in [4.69, 9.17) is 25.9 Å². The van der Waals surface area contributed by atoms with E-state index < -0.39 is 17.7 Å². The SMILES string of the molecule is Cc1oc(-c2ccccc2)nc1CCOc1ccc(CCC(=O)O)c(CNC(=O)c2ccc(Cl)cc2F)c1. The molecule has 9 heteroatoms. The van der Waals surface area contributed by atoms with E-state index in [1.165, 1.54) is 12.1 Å². The highest BCUT2D eigenvalue weighted by molar-refractivity contribution is 6.30. The summed E-state index contributed by atoms with van der Waals surface area (Å²) in [5.41, 5.74) is 2.97. The van der Waals surface area contributed by atoms with Gasteiger partial charge in [-0.3, -0.25) is 9.59 Å². The van der Waals surface area contributed by atoms with E-state index in [0.29, 0.717) is 36.0 Å². The van der Waals surface area contributed by atoms with Crippen molar-refractivity contribution in [3.05, 3.63) is 106 Å². The number of carbonyl (C=O) groups is 2. The number of rotatable bonds is 11. The highest BCUT2D eigenvalue weighted by Gasteiger charge is 2.15. The number of ether oxygens (including phenoxy) is 1. The molecular formula is C29H26ClFN2O5. The second kappa shape index (κ2) is 12.4. The number of aliphatic carboxylic acids is 1. The Labute approximate surface area is 224 Å². The molecule has 0 aliphatic rings. The zero-order chi connectivity index (χ0) is 27.1. The highest BCUT2D eigenvalue weighted by atomic mass is 35.5.